The van der Waals surface area contributed by atoms with Gasteiger partial charge in [-0.25, -0.2) is 8.42 Å². The fraction of sp³-hybridized carbons (Fsp3) is 0.370. The summed E-state index contributed by atoms with van der Waals surface area (Å²) in [6.07, 6.45) is 4.45. The Morgan fingerprint density at radius 2 is 1.66 bits per heavy atom. The zero-order valence-corrected chi connectivity index (χ0v) is 21.0. The summed E-state index contributed by atoms with van der Waals surface area (Å²) in [5.74, 6) is 0.452. The average Bonchev–Trinajstić information content (AvgIpc) is 2.90. The lowest BCUT2D eigenvalue weighted by Crippen LogP contribution is -2.46. The lowest BCUT2D eigenvalue weighted by molar-refractivity contribution is -0.121. The standard InChI is InChI=1S/C27H32N2O5S/c1-33-25-16-15-23(17-26(25)34-2)35(31,32)29(22-12-4-3-5-13-22)19-27(30)28-18-21-11-8-10-20-9-6-7-14-24(20)21/h6-11,14-17,22H,3-5,12-13,18-19H2,1-2H3,(H,28,30). The number of hydrogen-bond donors (Lipinski definition) is 1. The van der Waals surface area contributed by atoms with Gasteiger partial charge < -0.3 is 14.8 Å². The van der Waals surface area contributed by atoms with E-state index in [1.807, 2.05) is 42.5 Å². The maximum absolute atomic E-state index is 13.7. The summed E-state index contributed by atoms with van der Waals surface area (Å²) in [4.78, 5) is 13.1. The zero-order valence-electron chi connectivity index (χ0n) is 20.2. The Bertz CT molecular complexity index is 1280. The van der Waals surface area contributed by atoms with Crippen LogP contribution in [0.5, 0.6) is 11.5 Å². The summed E-state index contributed by atoms with van der Waals surface area (Å²) in [5.41, 5.74) is 0.989. The van der Waals surface area contributed by atoms with Gasteiger partial charge in [0.25, 0.3) is 0 Å². The summed E-state index contributed by atoms with van der Waals surface area (Å²) in [6.45, 7) is 0.0984. The SMILES string of the molecule is COc1ccc(S(=O)(=O)N(CC(=O)NCc2cccc3ccccc23)C2CCCCC2)cc1OC. The van der Waals surface area contributed by atoms with Crippen molar-refractivity contribution in [1.82, 2.24) is 9.62 Å². The fourth-order valence-corrected chi connectivity index (χ4v) is 6.39. The highest BCUT2D eigenvalue weighted by Crippen LogP contribution is 2.33. The van der Waals surface area contributed by atoms with Crippen molar-refractivity contribution in [2.24, 2.45) is 0 Å². The summed E-state index contributed by atoms with van der Waals surface area (Å²) in [7, 11) is -0.967. The molecule has 0 radical (unpaired) electrons. The second-order valence-electron chi connectivity index (χ2n) is 8.77. The molecule has 0 heterocycles. The van der Waals surface area contributed by atoms with Crippen LogP contribution >= 0.6 is 0 Å². The van der Waals surface area contributed by atoms with Gasteiger partial charge in [0.2, 0.25) is 15.9 Å². The number of carbonyl (C=O) groups is 1. The first-order valence-corrected chi connectivity index (χ1v) is 13.3. The molecule has 35 heavy (non-hydrogen) atoms. The molecule has 1 amide bonds. The third-order valence-electron chi connectivity index (χ3n) is 6.60. The van der Waals surface area contributed by atoms with E-state index >= 15 is 0 Å². The zero-order chi connectivity index (χ0) is 24.8. The van der Waals surface area contributed by atoms with E-state index in [0.717, 1.165) is 48.4 Å². The van der Waals surface area contributed by atoms with Gasteiger partial charge in [-0.2, -0.15) is 4.31 Å². The Morgan fingerprint density at radius 3 is 2.40 bits per heavy atom. The fourth-order valence-electron chi connectivity index (χ4n) is 4.73. The van der Waals surface area contributed by atoms with E-state index in [1.54, 1.807) is 6.07 Å². The molecule has 3 aromatic carbocycles. The quantitative estimate of drug-likeness (QED) is 0.472. The van der Waals surface area contributed by atoms with Crippen LogP contribution < -0.4 is 14.8 Å². The summed E-state index contributed by atoms with van der Waals surface area (Å²) < 4.78 is 39.4. The largest absolute Gasteiger partial charge is 0.493 e. The molecule has 0 saturated heterocycles. The minimum absolute atomic E-state index is 0.0857. The predicted octanol–water partition coefficient (Wildman–Crippen LogP) is 4.50. The van der Waals surface area contributed by atoms with E-state index in [1.165, 1.54) is 30.7 Å². The molecule has 8 heteroatoms. The van der Waals surface area contributed by atoms with E-state index in [2.05, 4.69) is 5.32 Å². The van der Waals surface area contributed by atoms with Crippen LogP contribution in [-0.2, 0) is 21.4 Å². The molecule has 0 bridgehead atoms. The molecule has 0 atom stereocenters. The minimum Gasteiger partial charge on any atom is -0.493 e. The van der Waals surface area contributed by atoms with Crippen molar-refractivity contribution in [3.05, 3.63) is 66.2 Å². The van der Waals surface area contributed by atoms with E-state index < -0.39 is 10.0 Å². The lowest BCUT2D eigenvalue weighted by Gasteiger charge is -2.33. The maximum atomic E-state index is 13.7. The highest BCUT2D eigenvalue weighted by atomic mass is 32.2. The Kier molecular flexibility index (Phi) is 7.93. The molecular weight excluding hydrogens is 464 g/mol. The first-order valence-electron chi connectivity index (χ1n) is 11.9. The molecule has 7 nitrogen and oxygen atoms in total. The number of hydrogen-bond acceptors (Lipinski definition) is 5. The first kappa shape index (κ1) is 25.0. The number of rotatable bonds is 9. The van der Waals surface area contributed by atoms with Crippen molar-refractivity contribution >= 4 is 26.7 Å². The topological polar surface area (TPSA) is 84.9 Å². The third-order valence-corrected chi connectivity index (χ3v) is 8.49. The number of sulfonamides is 1. The Hall–Kier alpha value is -3.10. The van der Waals surface area contributed by atoms with Crippen LogP contribution in [0, 0.1) is 0 Å². The van der Waals surface area contributed by atoms with Crippen LogP contribution in [0.15, 0.2) is 65.6 Å². The summed E-state index contributed by atoms with van der Waals surface area (Å²) in [5, 5.41) is 5.10. The highest BCUT2D eigenvalue weighted by molar-refractivity contribution is 7.89. The third kappa shape index (κ3) is 5.60. The molecule has 0 aliphatic heterocycles. The summed E-state index contributed by atoms with van der Waals surface area (Å²) >= 11 is 0. The van der Waals surface area contributed by atoms with E-state index in [9.17, 15) is 13.2 Å². The van der Waals surface area contributed by atoms with Crippen molar-refractivity contribution in [1.29, 1.82) is 0 Å². The van der Waals surface area contributed by atoms with E-state index in [4.69, 9.17) is 9.47 Å². The molecular formula is C27H32N2O5S. The van der Waals surface area contributed by atoms with Gasteiger partial charge in [-0.15, -0.1) is 0 Å². The van der Waals surface area contributed by atoms with Crippen LogP contribution in [0.25, 0.3) is 10.8 Å². The number of nitrogens with zero attached hydrogens (tertiary/aromatic N) is 1. The molecule has 0 spiro atoms. The second kappa shape index (κ2) is 11.1. The van der Waals surface area contributed by atoms with Gasteiger partial charge >= 0.3 is 0 Å². The normalized spacial score (nSPS) is 14.7. The first-order chi connectivity index (χ1) is 16.9. The van der Waals surface area contributed by atoms with Crippen molar-refractivity contribution < 1.29 is 22.7 Å². The smallest absolute Gasteiger partial charge is 0.243 e. The Labute approximate surface area is 207 Å². The summed E-state index contributed by atoms with van der Waals surface area (Å²) in [6, 6.07) is 18.3. The van der Waals surface area contributed by atoms with Gasteiger partial charge in [0.05, 0.1) is 25.7 Å². The van der Waals surface area contributed by atoms with Gasteiger partial charge in [0.15, 0.2) is 11.5 Å². The molecule has 0 aromatic heterocycles. The number of benzene rings is 3. The maximum Gasteiger partial charge on any atom is 0.243 e. The molecule has 1 saturated carbocycles. The number of amides is 1. The monoisotopic (exact) mass is 496 g/mol. The van der Waals surface area contributed by atoms with Crippen LogP contribution in [-0.4, -0.2) is 45.4 Å². The molecule has 1 fully saturated rings. The lowest BCUT2D eigenvalue weighted by atomic mass is 9.95. The number of nitrogens with one attached hydrogen (secondary N) is 1. The number of methoxy groups -OCH3 is 2. The van der Waals surface area contributed by atoms with Gasteiger partial charge in [0, 0.05) is 18.7 Å². The number of fused-ring (bicyclic) bond motifs is 1. The van der Waals surface area contributed by atoms with Gasteiger partial charge in [0.1, 0.15) is 0 Å². The predicted molar refractivity (Wildman–Crippen MR) is 136 cm³/mol. The average molecular weight is 497 g/mol. The van der Waals surface area contributed by atoms with E-state index in [-0.39, 0.29) is 23.4 Å². The van der Waals surface area contributed by atoms with Crippen LogP contribution in [0.3, 0.4) is 0 Å². The molecule has 1 N–H and O–H groups in total. The van der Waals surface area contributed by atoms with Crippen LogP contribution in [0.2, 0.25) is 0 Å². The Balaban J connectivity index is 1.56. The number of carbonyl (C=O) groups excluding carboxylic acids is 1. The molecule has 186 valence electrons. The van der Waals surface area contributed by atoms with Gasteiger partial charge in [-0.3, -0.25) is 4.79 Å². The molecule has 3 aromatic rings. The van der Waals surface area contributed by atoms with Gasteiger partial charge in [-0.1, -0.05) is 61.7 Å². The van der Waals surface area contributed by atoms with Crippen molar-refractivity contribution in [3.8, 4) is 11.5 Å². The molecule has 4 rings (SSSR count). The highest BCUT2D eigenvalue weighted by Gasteiger charge is 2.34. The molecule has 0 unspecified atom stereocenters. The van der Waals surface area contributed by atoms with Crippen LogP contribution in [0.1, 0.15) is 37.7 Å². The van der Waals surface area contributed by atoms with Gasteiger partial charge in [-0.05, 0) is 41.3 Å². The van der Waals surface area contributed by atoms with E-state index in [0.29, 0.717) is 18.0 Å². The van der Waals surface area contributed by atoms with Crippen molar-refractivity contribution in [2.45, 2.75) is 49.6 Å². The Morgan fingerprint density at radius 1 is 0.943 bits per heavy atom. The minimum atomic E-state index is -3.93. The van der Waals surface area contributed by atoms with Crippen molar-refractivity contribution in [3.63, 3.8) is 0 Å². The van der Waals surface area contributed by atoms with Crippen molar-refractivity contribution in [2.75, 3.05) is 20.8 Å². The van der Waals surface area contributed by atoms with Crippen LogP contribution in [0.4, 0.5) is 0 Å². The second-order valence-corrected chi connectivity index (χ2v) is 10.7. The molecule has 1 aliphatic carbocycles. The molecule has 1 aliphatic rings. The number of ether oxygens (including phenoxy) is 2.